The molecule has 146 valence electrons. The fourth-order valence-electron chi connectivity index (χ4n) is 3.47. The Morgan fingerprint density at radius 2 is 1.93 bits per heavy atom. The maximum Gasteiger partial charge on any atom is 0.273 e. The number of carbonyl (C=O) groups is 1. The predicted molar refractivity (Wildman–Crippen MR) is 105 cm³/mol. The van der Waals surface area contributed by atoms with E-state index in [1.807, 2.05) is 10.7 Å². The molecule has 1 saturated heterocycles. The molecule has 1 amide bonds. The molecule has 2 aromatic rings. The second-order valence-corrected chi connectivity index (χ2v) is 6.98. The lowest BCUT2D eigenvalue weighted by Gasteiger charge is -2.22. The molecular formula is C20H30N6O. The Kier molecular flexibility index (Phi) is 6.95. The molecule has 7 nitrogen and oxygen atoms in total. The van der Waals surface area contributed by atoms with Gasteiger partial charge in [0.05, 0.1) is 12.2 Å². The Morgan fingerprint density at radius 1 is 1.22 bits per heavy atom. The highest BCUT2D eigenvalue weighted by atomic mass is 16.2. The molecular weight excluding hydrogens is 340 g/mol. The number of benzene rings is 1. The number of hydrogen-bond acceptors (Lipinski definition) is 5. The lowest BCUT2D eigenvalue weighted by Crippen LogP contribution is -2.29. The summed E-state index contributed by atoms with van der Waals surface area (Å²) in [4.78, 5) is 14.9. The number of carbonyl (C=O) groups excluding carboxylic acids is 1. The van der Waals surface area contributed by atoms with Gasteiger partial charge in [0, 0.05) is 13.1 Å². The Bertz CT molecular complexity index is 734. The number of piperidine rings is 1. The third-order valence-corrected chi connectivity index (χ3v) is 5.27. The van der Waals surface area contributed by atoms with Gasteiger partial charge in [0.1, 0.15) is 0 Å². The lowest BCUT2D eigenvalue weighted by atomic mass is 10.1. The molecule has 0 unspecified atom stereocenters. The quantitative estimate of drug-likeness (QED) is 0.743. The number of aromatic nitrogens is 3. The Morgan fingerprint density at radius 3 is 2.63 bits per heavy atom. The molecule has 1 fully saturated rings. The van der Waals surface area contributed by atoms with Crippen LogP contribution in [-0.2, 0) is 13.1 Å². The van der Waals surface area contributed by atoms with Gasteiger partial charge in [0.25, 0.3) is 5.91 Å². The highest BCUT2D eigenvalue weighted by Crippen LogP contribution is 2.17. The summed E-state index contributed by atoms with van der Waals surface area (Å²) in [7, 11) is 0. The molecule has 27 heavy (non-hydrogen) atoms. The normalized spacial score (nSPS) is 15.2. The zero-order chi connectivity index (χ0) is 19.1. The maximum absolute atomic E-state index is 12.5. The first-order valence-corrected chi connectivity index (χ1v) is 9.91. The van der Waals surface area contributed by atoms with E-state index >= 15 is 0 Å². The molecule has 1 aliphatic heterocycles. The molecule has 0 bridgehead atoms. The Balaban J connectivity index is 1.60. The predicted octanol–water partition coefficient (Wildman–Crippen LogP) is 1.97. The fourth-order valence-corrected chi connectivity index (χ4v) is 3.47. The minimum atomic E-state index is -0.173. The molecule has 0 saturated carbocycles. The summed E-state index contributed by atoms with van der Waals surface area (Å²) < 4.78 is 1.84. The standard InChI is InChI=1S/C20H30N6O/c1-3-25(4-2)14-17-8-6-5-7-16(17)13-22-20(27)19-15-26(24-23-19)18-9-11-21-12-10-18/h5-8,15,18,21H,3-4,9-14H2,1-2H3,(H,22,27). The van der Waals surface area contributed by atoms with E-state index in [1.165, 1.54) is 5.56 Å². The van der Waals surface area contributed by atoms with Crippen molar-refractivity contribution in [3.05, 3.63) is 47.3 Å². The first-order chi connectivity index (χ1) is 13.2. The SMILES string of the molecule is CCN(CC)Cc1ccccc1CNC(=O)c1cn(C2CCNCC2)nn1. The summed E-state index contributed by atoms with van der Waals surface area (Å²) >= 11 is 0. The molecule has 3 rings (SSSR count). The number of nitrogens with one attached hydrogen (secondary N) is 2. The van der Waals surface area contributed by atoms with Gasteiger partial charge in [-0.05, 0) is 50.1 Å². The third kappa shape index (κ3) is 5.14. The van der Waals surface area contributed by atoms with Crippen LogP contribution < -0.4 is 10.6 Å². The van der Waals surface area contributed by atoms with Crippen LogP contribution in [0.5, 0.6) is 0 Å². The molecule has 0 aliphatic carbocycles. The highest BCUT2D eigenvalue weighted by molar-refractivity contribution is 5.91. The van der Waals surface area contributed by atoms with Crippen LogP contribution in [0.15, 0.2) is 30.5 Å². The Labute approximate surface area is 161 Å². The minimum Gasteiger partial charge on any atom is -0.347 e. The van der Waals surface area contributed by atoms with Crippen molar-refractivity contribution in [3.63, 3.8) is 0 Å². The largest absolute Gasteiger partial charge is 0.347 e. The van der Waals surface area contributed by atoms with E-state index in [-0.39, 0.29) is 5.91 Å². The summed E-state index contributed by atoms with van der Waals surface area (Å²) in [6.07, 6.45) is 3.80. The molecule has 2 heterocycles. The highest BCUT2D eigenvalue weighted by Gasteiger charge is 2.18. The van der Waals surface area contributed by atoms with Crippen molar-refractivity contribution >= 4 is 5.91 Å². The van der Waals surface area contributed by atoms with Gasteiger partial charge in [-0.3, -0.25) is 9.69 Å². The van der Waals surface area contributed by atoms with Crippen LogP contribution in [-0.4, -0.2) is 52.0 Å². The van der Waals surface area contributed by atoms with Crippen molar-refractivity contribution in [2.45, 2.75) is 45.8 Å². The number of rotatable bonds is 8. The molecule has 0 spiro atoms. The molecule has 7 heteroatoms. The van der Waals surface area contributed by atoms with Gasteiger partial charge in [-0.15, -0.1) is 5.10 Å². The zero-order valence-electron chi connectivity index (χ0n) is 16.3. The third-order valence-electron chi connectivity index (χ3n) is 5.27. The molecule has 2 N–H and O–H groups in total. The summed E-state index contributed by atoms with van der Waals surface area (Å²) in [6, 6.07) is 8.60. The van der Waals surface area contributed by atoms with Gasteiger partial charge < -0.3 is 10.6 Å². The van der Waals surface area contributed by atoms with Crippen molar-refractivity contribution in [1.82, 2.24) is 30.5 Å². The number of amides is 1. The van der Waals surface area contributed by atoms with E-state index in [0.29, 0.717) is 18.3 Å². The van der Waals surface area contributed by atoms with Gasteiger partial charge in [-0.2, -0.15) is 0 Å². The zero-order valence-corrected chi connectivity index (χ0v) is 16.3. The molecule has 0 atom stereocenters. The van der Waals surface area contributed by atoms with Gasteiger partial charge >= 0.3 is 0 Å². The van der Waals surface area contributed by atoms with Crippen molar-refractivity contribution in [2.24, 2.45) is 0 Å². The van der Waals surface area contributed by atoms with Gasteiger partial charge in [-0.1, -0.05) is 43.3 Å². The second-order valence-electron chi connectivity index (χ2n) is 6.98. The minimum absolute atomic E-state index is 0.173. The van der Waals surface area contributed by atoms with E-state index in [1.54, 1.807) is 6.20 Å². The van der Waals surface area contributed by atoms with Crippen LogP contribution in [0, 0.1) is 0 Å². The van der Waals surface area contributed by atoms with E-state index < -0.39 is 0 Å². The summed E-state index contributed by atoms with van der Waals surface area (Å²) in [5, 5.41) is 14.6. The van der Waals surface area contributed by atoms with Crippen molar-refractivity contribution in [1.29, 1.82) is 0 Å². The van der Waals surface area contributed by atoms with E-state index in [2.05, 4.69) is 57.9 Å². The lowest BCUT2D eigenvalue weighted by molar-refractivity contribution is 0.0945. The van der Waals surface area contributed by atoms with Crippen molar-refractivity contribution in [3.8, 4) is 0 Å². The molecule has 1 aromatic heterocycles. The molecule has 1 aliphatic rings. The Hall–Kier alpha value is -2.25. The topological polar surface area (TPSA) is 75.1 Å². The molecule has 0 radical (unpaired) electrons. The average Bonchev–Trinajstić information content (AvgIpc) is 3.22. The van der Waals surface area contributed by atoms with Gasteiger partial charge in [0.2, 0.25) is 0 Å². The second kappa shape index (κ2) is 9.62. The first kappa shape index (κ1) is 19.5. The fraction of sp³-hybridized carbons (Fsp3) is 0.550. The van der Waals surface area contributed by atoms with Crippen LogP contribution in [0.2, 0.25) is 0 Å². The number of nitrogens with zero attached hydrogens (tertiary/aromatic N) is 4. The van der Waals surface area contributed by atoms with Crippen molar-refractivity contribution < 1.29 is 4.79 Å². The summed E-state index contributed by atoms with van der Waals surface area (Å²) in [5.41, 5.74) is 2.78. The van der Waals surface area contributed by atoms with E-state index in [9.17, 15) is 4.79 Å². The van der Waals surface area contributed by atoms with Crippen molar-refractivity contribution in [2.75, 3.05) is 26.2 Å². The van der Waals surface area contributed by atoms with Crippen LogP contribution in [0.25, 0.3) is 0 Å². The number of hydrogen-bond donors (Lipinski definition) is 2. The van der Waals surface area contributed by atoms with E-state index in [0.717, 1.165) is 51.1 Å². The van der Waals surface area contributed by atoms with Gasteiger partial charge in [-0.25, -0.2) is 4.68 Å². The average molecular weight is 371 g/mol. The summed E-state index contributed by atoms with van der Waals surface area (Å²) in [6.45, 7) is 9.71. The summed E-state index contributed by atoms with van der Waals surface area (Å²) in [5.74, 6) is -0.173. The first-order valence-electron chi connectivity index (χ1n) is 9.91. The van der Waals surface area contributed by atoms with Crippen LogP contribution in [0.3, 0.4) is 0 Å². The van der Waals surface area contributed by atoms with Crippen LogP contribution in [0.1, 0.15) is 54.3 Å². The monoisotopic (exact) mass is 370 g/mol. The maximum atomic E-state index is 12.5. The molecule has 1 aromatic carbocycles. The van der Waals surface area contributed by atoms with Crippen LogP contribution >= 0.6 is 0 Å². The van der Waals surface area contributed by atoms with Gasteiger partial charge in [0.15, 0.2) is 5.69 Å². The smallest absolute Gasteiger partial charge is 0.273 e. The van der Waals surface area contributed by atoms with Crippen LogP contribution in [0.4, 0.5) is 0 Å². The van der Waals surface area contributed by atoms with E-state index in [4.69, 9.17) is 0 Å².